The molecule has 0 aromatic carbocycles. The number of hydrogen-bond donors (Lipinski definition) is 1. The largest absolute Gasteiger partial charge is 0.481 e. The standard InChI is InChI=1S/C14H27NO3.ClH/c1-12(2)7-10-18-13-6-9-15(11-13)8-4-3-5-14(16)17;/h12-13H,3-11H2,1-2H3,(H,16,17);1H. The van der Waals surface area contributed by atoms with Crippen LogP contribution in [0, 0.1) is 5.92 Å². The number of carboxylic acids is 1. The van der Waals surface area contributed by atoms with Gasteiger partial charge in [0.05, 0.1) is 6.10 Å². The summed E-state index contributed by atoms with van der Waals surface area (Å²) in [4.78, 5) is 12.8. The lowest BCUT2D eigenvalue weighted by Gasteiger charge is -2.16. The Balaban J connectivity index is 0.00000324. The van der Waals surface area contributed by atoms with E-state index in [9.17, 15) is 4.79 Å². The van der Waals surface area contributed by atoms with Gasteiger partial charge in [0.1, 0.15) is 0 Å². The summed E-state index contributed by atoms with van der Waals surface area (Å²) < 4.78 is 5.85. The molecular formula is C14H28ClNO3. The van der Waals surface area contributed by atoms with E-state index in [1.165, 1.54) is 0 Å². The number of hydrogen-bond acceptors (Lipinski definition) is 3. The Kier molecular flexibility index (Phi) is 10.3. The lowest BCUT2D eigenvalue weighted by molar-refractivity contribution is -0.137. The molecule has 1 rings (SSSR count). The fraction of sp³-hybridized carbons (Fsp3) is 0.929. The van der Waals surface area contributed by atoms with E-state index in [1.807, 2.05) is 0 Å². The van der Waals surface area contributed by atoms with Crippen molar-refractivity contribution >= 4 is 18.4 Å². The van der Waals surface area contributed by atoms with Gasteiger partial charge in [-0.05, 0) is 38.1 Å². The van der Waals surface area contributed by atoms with E-state index >= 15 is 0 Å². The van der Waals surface area contributed by atoms with E-state index in [2.05, 4.69) is 18.7 Å². The highest BCUT2D eigenvalue weighted by atomic mass is 35.5. The van der Waals surface area contributed by atoms with Crippen molar-refractivity contribution in [2.75, 3.05) is 26.2 Å². The average Bonchev–Trinajstić information content (AvgIpc) is 2.72. The number of halogens is 1. The third-order valence-corrected chi connectivity index (χ3v) is 3.39. The zero-order valence-corrected chi connectivity index (χ0v) is 13.0. The van der Waals surface area contributed by atoms with Crippen molar-refractivity contribution < 1.29 is 14.6 Å². The van der Waals surface area contributed by atoms with Gasteiger partial charge in [-0.1, -0.05) is 13.8 Å². The van der Waals surface area contributed by atoms with Crippen molar-refractivity contribution in [3.8, 4) is 0 Å². The summed E-state index contributed by atoms with van der Waals surface area (Å²) in [5, 5.41) is 8.56. The molecule has 1 aliphatic heterocycles. The van der Waals surface area contributed by atoms with Crippen LogP contribution in [0.1, 0.15) is 46.0 Å². The van der Waals surface area contributed by atoms with Crippen LogP contribution in [-0.4, -0.2) is 48.3 Å². The van der Waals surface area contributed by atoms with Gasteiger partial charge in [0.25, 0.3) is 0 Å². The Morgan fingerprint density at radius 1 is 1.42 bits per heavy atom. The Morgan fingerprint density at radius 3 is 2.79 bits per heavy atom. The average molecular weight is 294 g/mol. The van der Waals surface area contributed by atoms with Crippen LogP contribution in [0.2, 0.25) is 0 Å². The first-order chi connectivity index (χ1) is 8.58. The van der Waals surface area contributed by atoms with Crippen LogP contribution in [0.25, 0.3) is 0 Å². The molecule has 114 valence electrons. The highest BCUT2D eigenvalue weighted by molar-refractivity contribution is 5.85. The van der Waals surface area contributed by atoms with Crippen LogP contribution >= 0.6 is 12.4 Å². The maximum Gasteiger partial charge on any atom is 0.303 e. The fourth-order valence-electron chi connectivity index (χ4n) is 2.22. The molecule has 0 saturated carbocycles. The minimum Gasteiger partial charge on any atom is -0.481 e. The van der Waals surface area contributed by atoms with Crippen LogP contribution in [0.3, 0.4) is 0 Å². The molecule has 0 aliphatic carbocycles. The minimum absolute atomic E-state index is 0. The quantitative estimate of drug-likeness (QED) is 0.664. The molecule has 1 unspecified atom stereocenters. The number of carbonyl (C=O) groups is 1. The van der Waals surface area contributed by atoms with E-state index in [0.717, 1.165) is 51.9 Å². The zero-order valence-electron chi connectivity index (χ0n) is 12.1. The summed E-state index contributed by atoms with van der Waals surface area (Å²) >= 11 is 0. The molecule has 1 fully saturated rings. The molecule has 1 heterocycles. The second-order valence-electron chi connectivity index (χ2n) is 5.62. The van der Waals surface area contributed by atoms with Crippen LogP contribution in [0.4, 0.5) is 0 Å². The highest BCUT2D eigenvalue weighted by Crippen LogP contribution is 2.14. The Hall–Kier alpha value is -0.320. The minimum atomic E-state index is -0.689. The van der Waals surface area contributed by atoms with Gasteiger partial charge in [-0.2, -0.15) is 0 Å². The Bertz CT molecular complexity index is 249. The second kappa shape index (κ2) is 10.5. The van der Waals surface area contributed by atoms with Gasteiger partial charge < -0.3 is 14.7 Å². The third kappa shape index (κ3) is 9.25. The Morgan fingerprint density at radius 2 is 2.16 bits per heavy atom. The van der Waals surface area contributed by atoms with Gasteiger partial charge >= 0.3 is 5.97 Å². The van der Waals surface area contributed by atoms with Gasteiger partial charge in [0.15, 0.2) is 0 Å². The first-order valence-electron chi connectivity index (χ1n) is 7.13. The summed E-state index contributed by atoms with van der Waals surface area (Å²) in [7, 11) is 0. The third-order valence-electron chi connectivity index (χ3n) is 3.39. The first kappa shape index (κ1) is 18.7. The molecule has 1 atom stereocenters. The van der Waals surface area contributed by atoms with Gasteiger partial charge in [-0.15, -0.1) is 12.4 Å². The summed E-state index contributed by atoms with van der Waals surface area (Å²) in [5.41, 5.74) is 0. The van der Waals surface area contributed by atoms with E-state index in [0.29, 0.717) is 18.4 Å². The van der Waals surface area contributed by atoms with Crippen molar-refractivity contribution in [2.45, 2.75) is 52.1 Å². The summed E-state index contributed by atoms with van der Waals surface area (Å²) in [6, 6.07) is 0. The first-order valence-corrected chi connectivity index (χ1v) is 7.13. The molecule has 0 aromatic heterocycles. The molecule has 0 radical (unpaired) electrons. The molecule has 1 aliphatic rings. The van der Waals surface area contributed by atoms with Crippen LogP contribution in [0.15, 0.2) is 0 Å². The molecule has 0 aromatic rings. The lowest BCUT2D eigenvalue weighted by Crippen LogP contribution is -2.25. The normalized spacial score (nSPS) is 19.6. The predicted molar refractivity (Wildman–Crippen MR) is 79.0 cm³/mol. The van der Waals surface area contributed by atoms with Gasteiger partial charge in [-0.25, -0.2) is 0 Å². The van der Waals surface area contributed by atoms with Crippen molar-refractivity contribution in [2.24, 2.45) is 5.92 Å². The van der Waals surface area contributed by atoms with E-state index in [4.69, 9.17) is 9.84 Å². The van der Waals surface area contributed by atoms with Crippen molar-refractivity contribution in [3.05, 3.63) is 0 Å². The number of carboxylic acid groups (broad SMARTS) is 1. The maximum atomic E-state index is 10.4. The fourth-order valence-corrected chi connectivity index (χ4v) is 2.22. The molecule has 0 spiro atoms. The van der Waals surface area contributed by atoms with Gasteiger partial charge in [0.2, 0.25) is 0 Å². The summed E-state index contributed by atoms with van der Waals surface area (Å²) in [6.45, 7) is 8.43. The van der Waals surface area contributed by atoms with E-state index in [1.54, 1.807) is 0 Å². The van der Waals surface area contributed by atoms with Crippen LogP contribution < -0.4 is 0 Å². The maximum absolute atomic E-state index is 10.4. The number of aliphatic carboxylic acids is 1. The van der Waals surface area contributed by atoms with Crippen molar-refractivity contribution in [1.29, 1.82) is 0 Å². The highest BCUT2D eigenvalue weighted by Gasteiger charge is 2.22. The smallest absolute Gasteiger partial charge is 0.303 e. The summed E-state index contributed by atoms with van der Waals surface area (Å²) in [5.74, 6) is 0.0184. The zero-order chi connectivity index (χ0) is 13.4. The van der Waals surface area contributed by atoms with Crippen molar-refractivity contribution in [3.63, 3.8) is 0 Å². The molecule has 1 saturated heterocycles. The predicted octanol–water partition coefficient (Wildman–Crippen LogP) is 2.80. The van der Waals surface area contributed by atoms with Crippen LogP contribution in [0.5, 0.6) is 0 Å². The number of unbranched alkanes of at least 4 members (excludes halogenated alkanes) is 1. The van der Waals surface area contributed by atoms with Gasteiger partial charge in [-0.3, -0.25) is 4.79 Å². The second-order valence-corrected chi connectivity index (χ2v) is 5.62. The number of likely N-dealkylation sites (tertiary alicyclic amines) is 1. The molecule has 0 bridgehead atoms. The lowest BCUT2D eigenvalue weighted by atomic mass is 10.1. The molecule has 5 heteroatoms. The Labute approximate surface area is 122 Å². The molecule has 1 N–H and O–H groups in total. The van der Waals surface area contributed by atoms with Gasteiger partial charge in [0, 0.05) is 26.1 Å². The molecular weight excluding hydrogens is 266 g/mol. The SMILES string of the molecule is CC(C)CCOC1CCN(CCCCC(=O)O)C1.Cl. The number of ether oxygens (including phenoxy) is 1. The number of rotatable bonds is 9. The van der Waals surface area contributed by atoms with E-state index < -0.39 is 5.97 Å². The van der Waals surface area contributed by atoms with Crippen molar-refractivity contribution in [1.82, 2.24) is 4.90 Å². The summed E-state index contributed by atoms with van der Waals surface area (Å²) in [6.07, 6.45) is 4.70. The monoisotopic (exact) mass is 293 g/mol. The number of nitrogens with zero attached hydrogens (tertiary/aromatic N) is 1. The topological polar surface area (TPSA) is 49.8 Å². The molecule has 0 amide bonds. The van der Waals surface area contributed by atoms with E-state index in [-0.39, 0.29) is 12.4 Å². The molecule has 19 heavy (non-hydrogen) atoms. The molecule has 4 nitrogen and oxygen atoms in total. The van der Waals surface area contributed by atoms with Crippen LogP contribution in [-0.2, 0) is 9.53 Å².